The Kier molecular flexibility index (Phi) is 7.83. The van der Waals surface area contributed by atoms with Crippen LogP contribution in [-0.2, 0) is 16.1 Å². The van der Waals surface area contributed by atoms with Crippen molar-refractivity contribution in [3.63, 3.8) is 0 Å². The van der Waals surface area contributed by atoms with Gasteiger partial charge in [-0.15, -0.1) is 0 Å². The largest absolute Gasteiger partial charge is 0.454 e. The Morgan fingerprint density at radius 3 is 2.76 bits per heavy atom. The normalized spacial score (nSPS) is 16.1. The molecule has 0 spiro atoms. The summed E-state index contributed by atoms with van der Waals surface area (Å²) < 4.78 is 21.8. The fraction of sp³-hybridized carbons (Fsp3) is 0.346. The van der Waals surface area contributed by atoms with E-state index in [0.29, 0.717) is 52.6 Å². The predicted molar refractivity (Wildman–Crippen MR) is 136 cm³/mol. The molecule has 0 saturated carbocycles. The Balaban J connectivity index is 1.22. The molecule has 0 radical (unpaired) electrons. The fourth-order valence-electron chi connectivity index (χ4n) is 4.24. The number of carbonyl (C=O) groups excluding carboxylic acids is 2. The molecule has 9 nitrogen and oxygen atoms in total. The first-order valence-electron chi connectivity index (χ1n) is 11.9. The highest BCUT2D eigenvalue weighted by Crippen LogP contribution is 2.33. The van der Waals surface area contributed by atoms with E-state index in [1.54, 1.807) is 29.2 Å². The van der Waals surface area contributed by atoms with E-state index in [2.05, 4.69) is 10.5 Å². The van der Waals surface area contributed by atoms with Gasteiger partial charge in [0.2, 0.25) is 12.7 Å². The molecule has 2 amide bonds. The smallest absolute Gasteiger partial charge is 0.276 e. The fourth-order valence-corrected chi connectivity index (χ4v) is 4.74. The van der Waals surface area contributed by atoms with Crippen LogP contribution in [0.2, 0.25) is 10.0 Å². The van der Waals surface area contributed by atoms with Crippen LogP contribution in [0.1, 0.15) is 35.3 Å². The van der Waals surface area contributed by atoms with Gasteiger partial charge in [-0.25, -0.2) is 0 Å². The van der Waals surface area contributed by atoms with Crippen LogP contribution in [-0.4, -0.2) is 54.5 Å². The third kappa shape index (κ3) is 6.18. The van der Waals surface area contributed by atoms with E-state index >= 15 is 0 Å². The minimum atomic E-state index is -0.348. The van der Waals surface area contributed by atoms with Crippen LogP contribution in [0.25, 0.3) is 11.3 Å². The number of hydrogen-bond acceptors (Lipinski definition) is 7. The Morgan fingerprint density at radius 1 is 1.08 bits per heavy atom. The second-order valence-electron chi connectivity index (χ2n) is 8.80. The van der Waals surface area contributed by atoms with Gasteiger partial charge in [0, 0.05) is 49.3 Å². The van der Waals surface area contributed by atoms with Crippen LogP contribution in [0.15, 0.2) is 47.0 Å². The van der Waals surface area contributed by atoms with E-state index in [-0.39, 0.29) is 43.4 Å². The van der Waals surface area contributed by atoms with Gasteiger partial charge >= 0.3 is 0 Å². The number of halogens is 2. The van der Waals surface area contributed by atoms with Gasteiger partial charge in [-0.1, -0.05) is 34.4 Å². The highest BCUT2D eigenvalue weighted by Gasteiger charge is 2.26. The third-order valence-corrected chi connectivity index (χ3v) is 6.74. The number of hydrogen-bond donors (Lipinski definition) is 1. The van der Waals surface area contributed by atoms with Gasteiger partial charge in [0.1, 0.15) is 0 Å². The van der Waals surface area contributed by atoms with Gasteiger partial charge in [-0.05, 0) is 48.7 Å². The molecular formula is C26H25Cl2N3O6. The molecule has 1 aromatic heterocycles. The van der Waals surface area contributed by atoms with Crippen molar-refractivity contribution in [1.29, 1.82) is 0 Å². The van der Waals surface area contributed by atoms with Crippen LogP contribution < -0.4 is 14.8 Å². The number of carbonyl (C=O) groups is 2. The highest BCUT2D eigenvalue weighted by atomic mass is 35.5. The average molecular weight is 546 g/mol. The van der Waals surface area contributed by atoms with Crippen molar-refractivity contribution in [3.05, 3.63) is 63.8 Å². The molecule has 3 heterocycles. The lowest BCUT2D eigenvalue weighted by atomic mass is 10.1. The van der Waals surface area contributed by atoms with Crippen LogP contribution in [0.3, 0.4) is 0 Å². The monoisotopic (exact) mass is 545 g/mol. The molecule has 3 aromatic rings. The number of benzene rings is 2. The molecule has 0 unspecified atom stereocenters. The number of nitrogens with zero attached hydrogens (tertiary/aromatic N) is 2. The highest BCUT2D eigenvalue weighted by molar-refractivity contribution is 6.36. The van der Waals surface area contributed by atoms with E-state index in [1.807, 2.05) is 18.2 Å². The van der Waals surface area contributed by atoms with E-state index in [9.17, 15) is 9.59 Å². The van der Waals surface area contributed by atoms with Gasteiger partial charge in [0.15, 0.2) is 23.0 Å². The SMILES string of the molecule is O=C(CCN(C[C@@H]1CCCO1)C(=O)c1cc(-c2ccc(Cl)cc2Cl)on1)NCc1ccc2c(c1)OCO2. The number of ether oxygens (including phenoxy) is 3. The molecule has 0 aliphatic carbocycles. The summed E-state index contributed by atoms with van der Waals surface area (Å²) in [5.41, 5.74) is 1.59. The van der Waals surface area contributed by atoms with Gasteiger partial charge in [0.25, 0.3) is 5.91 Å². The second-order valence-corrected chi connectivity index (χ2v) is 9.64. The van der Waals surface area contributed by atoms with Crippen molar-refractivity contribution in [2.24, 2.45) is 0 Å². The summed E-state index contributed by atoms with van der Waals surface area (Å²) in [6.45, 7) is 1.75. The Hall–Kier alpha value is -3.27. The molecule has 1 N–H and O–H groups in total. The maximum absolute atomic E-state index is 13.4. The van der Waals surface area contributed by atoms with Crippen molar-refractivity contribution >= 4 is 35.0 Å². The van der Waals surface area contributed by atoms with Crippen molar-refractivity contribution in [2.45, 2.75) is 31.9 Å². The number of aromatic nitrogens is 1. The predicted octanol–water partition coefficient (Wildman–Crippen LogP) is 4.70. The zero-order chi connectivity index (χ0) is 25.8. The van der Waals surface area contributed by atoms with Crippen molar-refractivity contribution in [1.82, 2.24) is 15.4 Å². The quantitative estimate of drug-likeness (QED) is 0.415. The topological polar surface area (TPSA) is 103 Å². The van der Waals surface area contributed by atoms with Crippen molar-refractivity contribution in [3.8, 4) is 22.8 Å². The molecule has 1 saturated heterocycles. The van der Waals surface area contributed by atoms with E-state index in [1.165, 1.54) is 0 Å². The van der Waals surface area contributed by atoms with Crippen molar-refractivity contribution in [2.75, 3.05) is 26.5 Å². The number of fused-ring (bicyclic) bond motifs is 1. The van der Waals surface area contributed by atoms with E-state index in [4.69, 9.17) is 41.9 Å². The number of amides is 2. The maximum atomic E-state index is 13.4. The van der Waals surface area contributed by atoms with Crippen molar-refractivity contribution < 1.29 is 28.3 Å². The molecule has 1 atom stereocenters. The summed E-state index contributed by atoms with van der Waals surface area (Å²) >= 11 is 12.2. The molecule has 2 aromatic carbocycles. The third-order valence-electron chi connectivity index (χ3n) is 6.20. The second kappa shape index (κ2) is 11.4. The number of nitrogens with one attached hydrogen (secondary N) is 1. The first kappa shape index (κ1) is 25.4. The molecule has 2 aliphatic heterocycles. The lowest BCUT2D eigenvalue weighted by Crippen LogP contribution is -2.40. The van der Waals surface area contributed by atoms with Gasteiger partial charge in [-0.2, -0.15) is 0 Å². The zero-order valence-corrected chi connectivity index (χ0v) is 21.4. The molecule has 37 heavy (non-hydrogen) atoms. The number of rotatable bonds is 9. The summed E-state index contributed by atoms with van der Waals surface area (Å²) in [7, 11) is 0. The summed E-state index contributed by atoms with van der Waals surface area (Å²) in [5, 5.41) is 7.73. The Labute approximate surface area is 223 Å². The van der Waals surface area contributed by atoms with Crippen LogP contribution >= 0.6 is 23.2 Å². The standard InChI is InChI=1S/C26H25Cl2N3O6/c27-17-4-5-19(20(28)11-17)23-12-21(30-37-23)26(33)31(14-18-2-1-9-34-18)8-7-25(32)29-13-16-3-6-22-24(10-16)36-15-35-22/h3-6,10-12,18H,1-2,7-9,13-15H2,(H,29,32)/t18-/m0/s1. The van der Waals surface area contributed by atoms with Crippen LogP contribution in [0, 0.1) is 0 Å². The molecule has 0 bridgehead atoms. The van der Waals surface area contributed by atoms with Gasteiger partial charge in [-0.3, -0.25) is 9.59 Å². The van der Waals surface area contributed by atoms with Crippen LogP contribution in [0.4, 0.5) is 0 Å². The molecular weight excluding hydrogens is 521 g/mol. The molecule has 194 valence electrons. The van der Waals surface area contributed by atoms with E-state index < -0.39 is 0 Å². The summed E-state index contributed by atoms with van der Waals surface area (Å²) in [4.78, 5) is 27.5. The molecule has 1 fully saturated rings. The molecule has 2 aliphatic rings. The lowest BCUT2D eigenvalue weighted by molar-refractivity contribution is -0.121. The van der Waals surface area contributed by atoms with Gasteiger partial charge < -0.3 is 29.0 Å². The molecule has 5 rings (SSSR count). The summed E-state index contributed by atoms with van der Waals surface area (Å²) in [6.07, 6.45) is 1.82. The average Bonchev–Trinajstić information content (AvgIpc) is 3.66. The zero-order valence-electron chi connectivity index (χ0n) is 19.9. The van der Waals surface area contributed by atoms with Crippen LogP contribution in [0.5, 0.6) is 11.5 Å². The summed E-state index contributed by atoms with van der Waals surface area (Å²) in [6, 6.07) is 12.0. The van der Waals surface area contributed by atoms with Gasteiger partial charge in [0.05, 0.1) is 11.1 Å². The molecule has 11 heteroatoms. The maximum Gasteiger partial charge on any atom is 0.276 e. The first-order chi connectivity index (χ1) is 18.0. The lowest BCUT2D eigenvalue weighted by Gasteiger charge is -2.24. The van der Waals surface area contributed by atoms with E-state index in [0.717, 1.165) is 18.4 Å². The Morgan fingerprint density at radius 2 is 1.95 bits per heavy atom. The first-order valence-corrected chi connectivity index (χ1v) is 12.7. The minimum Gasteiger partial charge on any atom is -0.454 e. The summed E-state index contributed by atoms with van der Waals surface area (Å²) in [5.74, 6) is 1.17. The minimum absolute atomic E-state index is 0.0854. The Bertz CT molecular complexity index is 1290.